The average Bonchev–Trinajstić information content (AvgIpc) is 2.49. The van der Waals surface area contributed by atoms with Crippen LogP contribution in [-0.2, 0) is 19.1 Å². The van der Waals surface area contributed by atoms with Gasteiger partial charge in [0.2, 0.25) is 0 Å². The summed E-state index contributed by atoms with van der Waals surface area (Å²) >= 11 is 1.48. The van der Waals surface area contributed by atoms with Gasteiger partial charge in [-0.3, -0.25) is 14.5 Å². The van der Waals surface area contributed by atoms with Gasteiger partial charge in [-0.05, 0) is 65.8 Å². The molecular formula is C20H29NO6S. The molecule has 1 aromatic carbocycles. The average molecular weight is 412 g/mol. The molecule has 0 aromatic heterocycles. The number of amides is 1. The number of hydrogen-bond donors (Lipinski definition) is 1. The van der Waals surface area contributed by atoms with Crippen LogP contribution in [0.4, 0.5) is 10.5 Å². The van der Waals surface area contributed by atoms with Crippen molar-refractivity contribution in [2.45, 2.75) is 64.1 Å². The highest BCUT2D eigenvalue weighted by molar-refractivity contribution is 7.99. The zero-order chi connectivity index (χ0) is 21.5. The van der Waals surface area contributed by atoms with Crippen LogP contribution in [0.15, 0.2) is 29.2 Å². The van der Waals surface area contributed by atoms with Crippen molar-refractivity contribution in [3.63, 3.8) is 0 Å². The summed E-state index contributed by atoms with van der Waals surface area (Å²) in [5.41, 5.74) is -0.808. The molecule has 0 saturated heterocycles. The summed E-state index contributed by atoms with van der Waals surface area (Å²) in [5, 5.41) is 9.10. The second-order valence-corrected chi connectivity index (χ2v) is 9.31. The van der Waals surface area contributed by atoms with Crippen LogP contribution in [0.2, 0.25) is 0 Å². The first-order valence-corrected chi connectivity index (χ1v) is 9.92. The molecule has 0 radical (unpaired) electrons. The van der Waals surface area contributed by atoms with E-state index in [2.05, 4.69) is 0 Å². The van der Waals surface area contributed by atoms with Gasteiger partial charge in [0.25, 0.3) is 0 Å². The van der Waals surface area contributed by atoms with Gasteiger partial charge in [0.1, 0.15) is 17.7 Å². The molecule has 0 atom stereocenters. The molecule has 1 N–H and O–H groups in total. The second-order valence-electron chi connectivity index (χ2n) is 8.14. The molecule has 0 unspecified atom stereocenters. The Morgan fingerprint density at radius 2 is 1.50 bits per heavy atom. The number of carboxylic acid groups (broad SMARTS) is 1. The van der Waals surface area contributed by atoms with Crippen LogP contribution in [0.3, 0.4) is 0 Å². The number of carbonyl (C=O) groups is 3. The van der Waals surface area contributed by atoms with Crippen molar-refractivity contribution in [1.82, 2.24) is 0 Å². The fraction of sp³-hybridized carbons (Fsp3) is 0.550. The Bertz CT molecular complexity index is 688. The van der Waals surface area contributed by atoms with E-state index in [1.807, 2.05) is 20.8 Å². The normalized spacial score (nSPS) is 11.6. The molecule has 0 aliphatic carbocycles. The van der Waals surface area contributed by atoms with Crippen molar-refractivity contribution in [1.29, 1.82) is 0 Å². The fourth-order valence-corrected chi connectivity index (χ4v) is 2.91. The standard InChI is InChI=1S/C20H29NO6S/c1-19(2,3)26-17(24)11-12-28-15-9-7-14(8-10-15)21(13-16(22)23)18(25)27-20(4,5)6/h7-10H,11-13H2,1-6H3,(H,22,23). The predicted octanol–water partition coefficient (Wildman–Crippen LogP) is 4.34. The van der Waals surface area contributed by atoms with Crippen molar-refractivity contribution in [2.24, 2.45) is 0 Å². The van der Waals surface area contributed by atoms with Crippen LogP contribution < -0.4 is 4.90 Å². The Labute approximate surface area is 170 Å². The number of anilines is 1. The van der Waals surface area contributed by atoms with E-state index in [0.29, 0.717) is 11.4 Å². The second kappa shape index (κ2) is 9.82. The number of nitrogens with zero attached hydrogens (tertiary/aromatic N) is 1. The molecule has 0 aliphatic heterocycles. The van der Waals surface area contributed by atoms with Crippen molar-refractivity contribution in [3.8, 4) is 0 Å². The first kappa shape index (κ1) is 23.8. The number of esters is 1. The van der Waals surface area contributed by atoms with Gasteiger partial charge in [-0.15, -0.1) is 11.8 Å². The number of carboxylic acids is 1. The molecule has 156 valence electrons. The molecule has 0 heterocycles. The first-order valence-electron chi connectivity index (χ1n) is 8.94. The monoisotopic (exact) mass is 411 g/mol. The molecule has 0 fully saturated rings. The van der Waals surface area contributed by atoms with Gasteiger partial charge in [0.05, 0.1) is 6.42 Å². The summed E-state index contributed by atoms with van der Waals surface area (Å²) in [5.74, 6) is -0.838. The molecule has 1 rings (SSSR count). The highest BCUT2D eigenvalue weighted by atomic mass is 32.2. The SMILES string of the molecule is CC(C)(C)OC(=O)CCSc1ccc(N(CC(=O)O)C(=O)OC(C)(C)C)cc1. The molecule has 0 spiro atoms. The number of thioether (sulfide) groups is 1. The van der Waals surface area contributed by atoms with Gasteiger partial charge < -0.3 is 14.6 Å². The van der Waals surface area contributed by atoms with Crippen molar-refractivity contribution in [2.75, 3.05) is 17.2 Å². The third-order valence-corrected chi connectivity index (χ3v) is 4.06. The molecule has 7 nitrogen and oxygen atoms in total. The van der Waals surface area contributed by atoms with Gasteiger partial charge in [0.15, 0.2) is 0 Å². The Morgan fingerprint density at radius 1 is 0.964 bits per heavy atom. The Hall–Kier alpha value is -2.22. The lowest BCUT2D eigenvalue weighted by molar-refractivity contribution is -0.154. The number of rotatable bonds is 7. The van der Waals surface area contributed by atoms with E-state index in [0.717, 1.165) is 9.80 Å². The molecule has 1 amide bonds. The van der Waals surface area contributed by atoms with Crippen molar-refractivity contribution >= 4 is 35.5 Å². The van der Waals surface area contributed by atoms with Gasteiger partial charge in [-0.25, -0.2) is 4.79 Å². The van der Waals surface area contributed by atoms with Crippen LogP contribution in [-0.4, -0.2) is 46.6 Å². The summed E-state index contributed by atoms with van der Waals surface area (Å²) in [6.45, 7) is 10.1. The van der Waals surface area contributed by atoms with E-state index in [9.17, 15) is 14.4 Å². The zero-order valence-corrected chi connectivity index (χ0v) is 18.1. The van der Waals surface area contributed by atoms with E-state index in [1.54, 1.807) is 45.0 Å². The summed E-state index contributed by atoms with van der Waals surface area (Å²) in [4.78, 5) is 37.2. The third-order valence-electron chi connectivity index (χ3n) is 3.05. The van der Waals surface area contributed by atoms with Crippen LogP contribution in [0.1, 0.15) is 48.0 Å². The number of carbonyl (C=O) groups excluding carboxylic acids is 2. The summed E-state index contributed by atoms with van der Waals surface area (Å²) in [7, 11) is 0. The summed E-state index contributed by atoms with van der Waals surface area (Å²) in [6.07, 6.45) is -0.438. The van der Waals surface area contributed by atoms with Crippen LogP contribution in [0.5, 0.6) is 0 Å². The molecule has 1 aromatic rings. The summed E-state index contributed by atoms with van der Waals surface area (Å²) in [6, 6.07) is 6.86. The molecule has 0 bridgehead atoms. The predicted molar refractivity (Wildman–Crippen MR) is 109 cm³/mol. The fourth-order valence-electron chi connectivity index (χ4n) is 2.08. The molecule has 8 heteroatoms. The van der Waals surface area contributed by atoms with Crippen LogP contribution in [0.25, 0.3) is 0 Å². The van der Waals surface area contributed by atoms with Crippen molar-refractivity contribution < 1.29 is 29.0 Å². The van der Waals surface area contributed by atoms with Crippen LogP contribution >= 0.6 is 11.8 Å². The number of ether oxygens (including phenoxy) is 2. The molecular weight excluding hydrogens is 382 g/mol. The lowest BCUT2D eigenvalue weighted by atomic mass is 10.2. The minimum Gasteiger partial charge on any atom is -0.480 e. The lowest BCUT2D eigenvalue weighted by Gasteiger charge is -2.26. The molecule has 0 saturated carbocycles. The topological polar surface area (TPSA) is 93.1 Å². The van der Waals surface area contributed by atoms with Crippen LogP contribution in [0, 0.1) is 0 Å². The van der Waals surface area contributed by atoms with E-state index in [1.165, 1.54) is 11.8 Å². The number of hydrogen-bond acceptors (Lipinski definition) is 6. The van der Waals surface area contributed by atoms with Gasteiger partial charge >= 0.3 is 18.0 Å². The third kappa shape index (κ3) is 9.64. The minimum atomic E-state index is -1.14. The van der Waals surface area contributed by atoms with Gasteiger partial charge in [0, 0.05) is 16.3 Å². The highest BCUT2D eigenvalue weighted by Gasteiger charge is 2.25. The largest absolute Gasteiger partial charge is 0.480 e. The van der Waals surface area contributed by atoms with Gasteiger partial charge in [-0.2, -0.15) is 0 Å². The number of benzene rings is 1. The molecule has 28 heavy (non-hydrogen) atoms. The smallest absolute Gasteiger partial charge is 0.415 e. The molecule has 0 aliphatic rings. The van der Waals surface area contributed by atoms with E-state index < -0.39 is 29.8 Å². The lowest BCUT2D eigenvalue weighted by Crippen LogP contribution is -2.40. The quantitative estimate of drug-likeness (QED) is 0.527. The van der Waals surface area contributed by atoms with E-state index >= 15 is 0 Å². The maximum atomic E-state index is 12.3. The van der Waals surface area contributed by atoms with Gasteiger partial charge in [-0.1, -0.05) is 0 Å². The maximum Gasteiger partial charge on any atom is 0.415 e. The first-order chi connectivity index (χ1) is 12.8. The van der Waals surface area contributed by atoms with Crippen molar-refractivity contribution in [3.05, 3.63) is 24.3 Å². The zero-order valence-electron chi connectivity index (χ0n) is 17.3. The maximum absolute atomic E-state index is 12.3. The van der Waals surface area contributed by atoms with E-state index in [-0.39, 0.29) is 12.4 Å². The van der Waals surface area contributed by atoms with E-state index in [4.69, 9.17) is 14.6 Å². The highest BCUT2D eigenvalue weighted by Crippen LogP contribution is 2.24. The Kier molecular flexibility index (Phi) is 8.35. The minimum absolute atomic E-state index is 0.255. The Morgan fingerprint density at radius 3 is 1.96 bits per heavy atom. The number of aliphatic carboxylic acids is 1. The summed E-state index contributed by atoms with van der Waals surface area (Å²) < 4.78 is 10.5. The Balaban J connectivity index is 2.72.